The molecular formula is C16H19IN2O2. The fourth-order valence-corrected chi connectivity index (χ4v) is 3.41. The van der Waals surface area contributed by atoms with Gasteiger partial charge in [0.15, 0.2) is 0 Å². The minimum atomic E-state index is -0.228. The first-order valence-electron chi connectivity index (χ1n) is 6.96. The Balaban J connectivity index is 2.12. The highest BCUT2D eigenvalue weighted by Gasteiger charge is 2.31. The van der Waals surface area contributed by atoms with Crippen LogP contribution < -0.4 is 0 Å². The summed E-state index contributed by atoms with van der Waals surface area (Å²) >= 11 is 2.31. The van der Waals surface area contributed by atoms with Gasteiger partial charge < -0.3 is 9.80 Å². The first-order chi connectivity index (χ1) is 10.0. The third-order valence-corrected chi connectivity index (χ3v) is 4.74. The molecule has 1 heterocycles. The summed E-state index contributed by atoms with van der Waals surface area (Å²) < 4.78 is 1.18. The topological polar surface area (TPSA) is 40.6 Å². The van der Waals surface area contributed by atoms with Crippen molar-refractivity contribution >= 4 is 34.4 Å². The van der Waals surface area contributed by atoms with Gasteiger partial charge in [0.2, 0.25) is 11.8 Å². The summed E-state index contributed by atoms with van der Waals surface area (Å²) in [5.74, 6) is -0.233. The van der Waals surface area contributed by atoms with E-state index in [9.17, 15) is 9.59 Å². The number of carbonyl (C=O) groups is 2. The number of carbonyl (C=O) groups excluding carboxylic acids is 2. The van der Waals surface area contributed by atoms with Gasteiger partial charge in [0.25, 0.3) is 0 Å². The van der Waals surface area contributed by atoms with Crippen molar-refractivity contribution in [1.29, 1.82) is 0 Å². The van der Waals surface area contributed by atoms with E-state index in [-0.39, 0.29) is 24.4 Å². The second-order valence-electron chi connectivity index (χ2n) is 5.17. The lowest BCUT2D eigenvalue weighted by Crippen LogP contribution is -2.40. The molecule has 0 aromatic heterocycles. The number of halogens is 1. The smallest absolute Gasteiger partial charge is 0.246 e. The van der Waals surface area contributed by atoms with E-state index < -0.39 is 0 Å². The van der Waals surface area contributed by atoms with Crippen LogP contribution >= 0.6 is 22.6 Å². The molecule has 0 radical (unpaired) electrons. The number of amides is 2. The fourth-order valence-electron chi connectivity index (χ4n) is 2.66. The highest BCUT2D eigenvalue weighted by Crippen LogP contribution is 2.34. The van der Waals surface area contributed by atoms with E-state index in [1.807, 2.05) is 17.0 Å². The zero-order valence-corrected chi connectivity index (χ0v) is 14.2. The van der Waals surface area contributed by atoms with Gasteiger partial charge in [-0.3, -0.25) is 9.59 Å². The molecule has 2 rings (SSSR count). The van der Waals surface area contributed by atoms with Crippen molar-refractivity contribution in [3.05, 3.63) is 46.1 Å². The Morgan fingerprint density at radius 1 is 1.48 bits per heavy atom. The molecule has 1 saturated heterocycles. The summed E-state index contributed by atoms with van der Waals surface area (Å²) in [6.07, 6.45) is 3.21. The molecule has 4 nitrogen and oxygen atoms in total. The van der Waals surface area contributed by atoms with Crippen molar-refractivity contribution in [3.8, 4) is 0 Å². The molecular weight excluding hydrogens is 379 g/mol. The van der Waals surface area contributed by atoms with Crippen molar-refractivity contribution in [3.63, 3.8) is 0 Å². The molecule has 0 N–H and O–H groups in total. The lowest BCUT2D eigenvalue weighted by Gasteiger charge is -2.27. The average Bonchev–Trinajstić information content (AvgIpc) is 2.96. The van der Waals surface area contributed by atoms with Crippen molar-refractivity contribution < 1.29 is 9.59 Å². The Labute approximate surface area is 138 Å². The van der Waals surface area contributed by atoms with E-state index in [0.717, 1.165) is 19.4 Å². The van der Waals surface area contributed by atoms with E-state index in [0.29, 0.717) is 0 Å². The molecule has 0 spiro atoms. The van der Waals surface area contributed by atoms with Crippen molar-refractivity contribution in [2.45, 2.75) is 18.9 Å². The predicted octanol–water partition coefficient (Wildman–Crippen LogP) is 2.60. The van der Waals surface area contributed by atoms with Gasteiger partial charge in [-0.1, -0.05) is 24.8 Å². The molecule has 5 heteroatoms. The first kappa shape index (κ1) is 16.0. The van der Waals surface area contributed by atoms with Crippen LogP contribution in [0.15, 0.2) is 36.9 Å². The maximum absolute atomic E-state index is 12.5. The standard InChI is InChI=1S/C16H19IN2O2/c1-3-15(20)18(2)11-16(21)19-10-6-9-14(19)12-7-4-5-8-13(12)17/h3-5,7-8,14H,1,6,9-11H2,2H3. The lowest BCUT2D eigenvalue weighted by atomic mass is 10.0. The van der Waals surface area contributed by atoms with Gasteiger partial charge >= 0.3 is 0 Å². The van der Waals surface area contributed by atoms with Crippen molar-refractivity contribution in [2.75, 3.05) is 20.1 Å². The van der Waals surface area contributed by atoms with E-state index in [2.05, 4.69) is 41.3 Å². The molecule has 1 aromatic rings. The van der Waals surface area contributed by atoms with Crippen LogP contribution in [0.2, 0.25) is 0 Å². The highest BCUT2D eigenvalue weighted by molar-refractivity contribution is 14.1. The van der Waals surface area contributed by atoms with Crippen LogP contribution in [0.25, 0.3) is 0 Å². The summed E-state index contributed by atoms with van der Waals surface area (Å²) in [5, 5.41) is 0. The Morgan fingerprint density at radius 2 is 2.19 bits per heavy atom. The van der Waals surface area contributed by atoms with Gasteiger partial charge in [-0.2, -0.15) is 0 Å². The molecule has 0 aliphatic carbocycles. The normalized spacial score (nSPS) is 17.6. The molecule has 0 saturated carbocycles. The molecule has 0 bridgehead atoms. The van der Waals surface area contributed by atoms with Gasteiger partial charge in [-0.15, -0.1) is 0 Å². The first-order valence-corrected chi connectivity index (χ1v) is 8.04. The number of nitrogens with zero attached hydrogens (tertiary/aromatic N) is 2. The van der Waals surface area contributed by atoms with Gasteiger partial charge in [0.1, 0.15) is 0 Å². The second-order valence-corrected chi connectivity index (χ2v) is 6.33. The third-order valence-electron chi connectivity index (χ3n) is 3.76. The minimum absolute atomic E-state index is 0.00477. The van der Waals surface area contributed by atoms with Crippen LogP contribution in [-0.4, -0.2) is 41.8 Å². The molecule has 1 fully saturated rings. The number of benzene rings is 1. The van der Waals surface area contributed by atoms with Crippen LogP contribution in [0.3, 0.4) is 0 Å². The van der Waals surface area contributed by atoms with E-state index in [1.54, 1.807) is 7.05 Å². The predicted molar refractivity (Wildman–Crippen MR) is 90.7 cm³/mol. The van der Waals surface area contributed by atoms with Gasteiger partial charge in [0, 0.05) is 17.2 Å². The summed E-state index contributed by atoms with van der Waals surface area (Å²) in [6.45, 7) is 4.30. The largest absolute Gasteiger partial charge is 0.334 e. The molecule has 1 unspecified atom stereocenters. The van der Waals surface area contributed by atoms with Crippen LogP contribution in [0, 0.1) is 3.57 Å². The van der Waals surface area contributed by atoms with Gasteiger partial charge in [-0.25, -0.2) is 0 Å². The molecule has 1 aliphatic heterocycles. The number of hydrogen-bond donors (Lipinski definition) is 0. The summed E-state index contributed by atoms with van der Waals surface area (Å²) in [6, 6.07) is 8.27. The number of hydrogen-bond acceptors (Lipinski definition) is 2. The van der Waals surface area contributed by atoms with Gasteiger partial charge in [0.05, 0.1) is 12.6 Å². The van der Waals surface area contributed by atoms with E-state index in [1.165, 1.54) is 20.1 Å². The molecule has 2 amide bonds. The Kier molecular flexibility index (Phi) is 5.39. The van der Waals surface area contributed by atoms with Crippen LogP contribution in [-0.2, 0) is 9.59 Å². The monoisotopic (exact) mass is 398 g/mol. The van der Waals surface area contributed by atoms with E-state index in [4.69, 9.17) is 0 Å². The molecule has 112 valence electrons. The number of likely N-dealkylation sites (tertiary alicyclic amines) is 1. The molecule has 21 heavy (non-hydrogen) atoms. The number of rotatable bonds is 4. The van der Waals surface area contributed by atoms with Crippen LogP contribution in [0.4, 0.5) is 0 Å². The van der Waals surface area contributed by atoms with Gasteiger partial charge in [-0.05, 0) is 53.1 Å². The summed E-state index contributed by atoms with van der Waals surface area (Å²) in [5.41, 5.74) is 1.20. The van der Waals surface area contributed by atoms with E-state index >= 15 is 0 Å². The quantitative estimate of drug-likeness (QED) is 0.578. The maximum atomic E-state index is 12.5. The highest BCUT2D eigenvalue weighted by atomic mass is 127. The fraction of sp³-hybridized carbons (Fsp3) is 0.375. The van der Waals surface area contributed by atoms with Crippen LogP contribution in [0.1, 0.15) is 24.4 Å². The zero-order chi connectivity index (χ0) is 15.4. The Hall–Kier alpha value is -1.37. The molecule has 1 aromatic carbocycles. The SMILES string of the molecule is C=CC(=O)N(C)CC(=O)N1CCCC1c1ccccc1I. The van der Waals surface area contributed by atoms with Crippen molar-refractivity contribution in [1.82, 2.24) is 9.80 Å². The maximum Gasteiger partial charge on any atom is 0.246 e. The molecule has 1 aliphatic rings. The van der Waals surface area contributed by atoms with Crippen LogP contribution in [0.5, 0.6) is 0 Å². The summed E-state index contributed by atoms with van der Waals surface area (Å²) in [7, 11) is 1.62. The number of likely N-dealkylation sites (N-methyl/N-ethyl adjacent to an activating group) is 1. The Morgan fingerprint density at radius 3 is 2.86 bits per heavy atom. The lowest BCUT2D eigenvalue weighted by molar-refractivity contribution is -0.137. The third kappa shape index (κ3) is 3.64. The minimum Gasteiger partial charge on any atom is -0.334 e. The molecule has 1 atom stereocenters. The summed E-state index contributed by atoms with van der Waals surface area (Å²) in [4.78, 5) is 27.3. The Bertz CT molecular complexity index is 559. The average molecular weight is 398 g/mol. The zero-order valence-electron chi connectivity index (χ0n) is 12.1. The second kappa shape index (κ2) is 7.06. The van der Waals surface area contributed by atoms with Crippen molar-refractivity contribution in [2.24, 2.45) is 0 Å².